The Kier molecular flexibility index (Phi) is 9.96. The Morgan fingerprint density at radius 3 is 2.22 bits per heavy atom. The number of ether oxygens (including phenoxy) is 1. The number of carbonyl (C=O) groups excluding carboxylic acids is 2. The monoisotopic (exact) mass is 551 g/mol. The van der Waals surface area contributed by atoms with E-state index in [9.17, 15) is 9.59 Å². The first-order chi connectivity index (χ1) is 19.8. The summed E-state index contributed by atoms with van der Waals surface area (Å²) in [6.07, 6.45) is 1.38. The van der Waals surface area contributed by atoms with Crippen molar-refractivity contribution in [2.75, 3.05) is 25.1 Å². The van der Waals surface area contributed by atoms with Crippen LogP contribution in [0.2, 0.25) is 0 Å². The zero-order chi connectivity index (χ0) is 29.2. The molecule has 3 amide bonds. The lowest BCUT2D eigenvalue weighted by atomic mass is 9.94. The molecule has 212 valence electrons. The third kappa shape index (κ3) is 8.33. The van der Waals surface area contributed by atoms with Crippen molar-refractivity contribution in [3.05, 3.63) is 125 Å². The molecule has 8 heteroatoms. The summed E-state index contributed by atoms with van der Waals surface area (Å²) in [5, 5.41) is 5.70. The van der Waals surface area contributed by atoms with Gasteiger partial charge in [-0.15, -0.1) is 0 Å². The summed E-state index contributed by atoms with van der Waals surface area (Å²) in [4.78, 5) is 26.8. The number of nitrogen functional groups attached to an aromatic ring is 1. The van der Waals surface area contributed by atoms with Crippen molar-refractivity contribution in [1.29, 1.82) is 0 Å². The van der Waals surface area contributed by atoms with Gasteiger partial charge in [0.15, 0.2) is 0 Å². The first kappa shape index (κ1) is 29.2. The fourth-order valence-corrected chi connectivity index (χ4v) is 4.77. The molecule has 4 rings (SSSR count). The minimum atomic E-state index is -0.603. The largest absolute Gasteiger partial charge is 0.489 e. The fourth-order valence-electron chi connectivity index (χ4n) is 4.77. The number of hydrogen-bond donors (Lipinski definition) is 4. The van der Waals surface area contributed by atoms with Crippen molar-refractivity contribution < 1.29 is 14.3 Å². The molecule has 0 aromatic heterocycles. The second-order valence-electron chi connectivity index (χ2n) is 10.1. The van der Waals surface area contributed by atoms with Crippen LogP contribution in [0.1, 0.15) is 52.0 Å². The highest BCUT2D eigenvalue weighted by atomic mass is 16.5. The third-order valence-corrected chi connectivity index (χ3v) is 6.94. The number of anilines is 2. The molecule has 0 saturated carbocycles. The summed E-state index contributed by atoms with van der Waals surface area (Å²) in [5.41, 5.74) is 16.1. The summed E-state index contributed by atoms with van der Waals surface area (Å²) < 4.78 is 6.05. The van der Waals surface area contributed by atoms with Gasteiger partial charge in [0.25, 0.3) is 5.91 Å². The third-order valence-electron chi connectivity index (χ3n) is 6.94. The summed E-state index contributed by atoms with van der Waals surface area (Å²) in [5.74, 6) is 0.534. The molecule has 0 bridgehead atoms. The SMILES string of the molecule is CN(C)C(CCC(NC(N)=O)c1ccc(C(=O)Nc2ccccc2N)cc1)c1cccc(OCc2ccccc2)c1. The zero-order valence-corrected chi connectivity index (χ0v) is 23.4. The standard InChI is InChI=1S/C33H37N5O3/c1-38(2)31(26-11-8-12-27(21-26)41-22-23-9-4-3-5-10-23)20-19-29(37-33(35)40)24-15-17-25(18-16-24)32(39)36-30-14-7-6-13-28(30)34/h3-18,21,29,31H,19-20,22,34H2,1-2H3,(H,36,39)(H3,35,37,40). The van der Waals surface area contributed by atoms with Gasteiger partial charge in [0.2, 0.25) is 0 Å². The number of hydrogen-bond acceptors (Lipinski definition) is 5. The molecule has 6 N–H and O–H groups in total. The van der Waals surface area contributed by atoms with E-state index < -0.39 is 6.03 Å². The van der Waals surface area contributed by atoms with Crippen molar-refractivity contribution in [2.24, 2.45) is 5.73 Å². The van der Waals surface area contributed by atoms with Gasteiger partial charge in [-0.3, -0.25) is 4.79 Å². The molecule has 4 aromatic carbocycles. The van der Waals surface area contributed by atoms with Gasteiger partial charge in [-0.05, 0) is 80.0 Å². The Bertz CT molecular complexity index is 1440. The molecular formula is C33H37N5O3. The van der Waals surface area contributed by atoms with E-state index in [2.05, 4.69) is 27.7 Å². The first-order valence-corrected chi connectivity index (χ1v) is 13.5. The van der Waals surface area contributed by atoms with E-state index in [-0.39, 0.29) is 18.0 Å². The van der Waals surface area contributed by atoms with Crippen molar-refractivity contribution in [3.63, 3.8) is 0 Å². The van der Waals surface area contributed by atoms with Crippen LogP contribution in [0.5, 0.6) is 5.75 Å². The van der Waals surface area contributed by atoms with Crippen LogP contribution in [0.15, 0.2) is 103 Å². The lowest BCUT2D eigenvalue weighted by molar-refractivity contribution is 0.102. The van der Waals surface area contributed by atoms with E-state index in [0.29, 0.717) is 30.0 Å². The topological polar surface area (TPSA) is 123 Å². The Hall–Kier alpha value is -4.82. The fraction of sp³-hybridized carbons (Fsp3) is 0.212. The van der Waals surface area contributed by atoms with Crippen LogP contribution in [0, 0.1) is 0 Å². The van der Waals surface area contributed by atoms with Crippen molar-refractivity contribution in [3.8, 4) is 5.75 Å². The number of para-hydroxylation sites is 2. The predicted molar refractivity (Wildman–Crippen MR) is 164 cm³/mol. The minimum Gasteiger partial charge on any atom is -0.489 e. The first-order valence-electron chi connectivity index (χ1n) is 13.5. The molecule has 41 heavy (non-hydrogen) atoms. The second kappa shape index (κ2) is 14.0. The van der Waals surface area contributed by atoms with Gasteiger partial charge < -0.3 is 31.7 Å². The highest BCUT2D eigenvalue weighted by Gasteiger charge is 2.20. The van der Waals surface area contributed by atoms with Gasteiger partial charge in [-0.25, -0.2) is 4.79 Å². The number of nitrogens with zero attached hydrogens (tertiary/aromatic N) is 1. The van der Waals surface area contributed by atoms with E-state index >= 15 is 0 Å². The number of benzene rings is 4. The molecule has 0 radical (unpaired) electrons. The van der Waals surface area contributed by atoms with Gasteiger partial charge in [-0.2, -0.15) is 0 Å². The van der Waals surface area contributed by atoms with E-state index in [1.165, 1.54) is 0 Å². The van der Waals surface area contributed by atoms with E-state index in [0.717, 1.165) is 28.9 Å². The Morgan fingerprint density at radius 2 is 1.54 bits per heavy atom. The summed E-state index contributed by atoms with van der Waals surface area (Å²) in [6, 6.07) is 31.6. The molecule has 0 saturated heterocycles. The van der Waals surface area contributed by atoms with Crippen LogP contribution in [0.4, 0.5) is 16.2 Å². The molecular weight excluding hydrogens is 514 g/mol. The Balaban J connectivity index is 1.44. The summed E-state index contributed by atoms with van der Waals surface area (Å²) in [7, 11) is 4.07. The molecule has 0 aliphatic rings. The van der Waals surface area contributed by atoms with Crippen molar-refractivity contribution in [2.45, 2.75) is 31.5 Å². The Labute approximate surface area is 241 Å². The summed E-state index contributed by atoms with van der Waals surface area (Å²) >= 11 is 0. The number of amides is 3. The van der Waals surface area contributed by atoms with Gasteiger partial charge in [-0.1, -0.05) is 66.7 Å². The number of primary amides is 1. The number of rotatable bonds is 12. The van der Waals surface area contributed by atoms with Gasteiger partial charge in [0.1, 0.15) is 12.4 Å². The molecule has 8 nitrogen and oxygen atoms in total. The number of nitrogens with two attached hydrogens (primary N) is 2. The number of urea groups is 1. The number of nitrogens with one attached hydrogen (secondary N) is 2. The predicted octanol–water partition coefficient (Wildman–Crippen LogP) is 5.89. The van der Waals surface area contributed by atoms with Crippen molar-refractivity contribution in [1.82, 2.24) is 10.2 Å². The van der Waals surface area contributed by atoms with E-state index in [4.69, 9.17) is 16.2 Å². The second-order valence-corrected chi connectivity index (χ2v) is 10.1. The maximum absolute atomic E-state index is 12.8. The lowest BCUT2D eigenvalue weighted by Crippen LogP contribution is -2.34. The van der Waals surface area contributed by atoms with Gasteiger partial charge >= 0.3 is 6.03 Å². The maximum atomic E-state index is 12.8. The number of carbonyl (C=O) groups is 2. The molecule has 2 unspecified atom stereocenters. The smallest absolute Gasteiger partial charge is 0.312 e. The Morgan fingerprint density at radius 1 is 0.829 bits per heavy atom. The quantitative estimate of drug-likeness (QED) is 0.164. The normalized spacial score (nSPS) is 12.4. The lowest BCUT2D eigenvalue weighted by Gasteiger charge is -2.27. The van der Waals surface area contributed by atoms with Crippen LogP contribution in [-0.4, -0.2) is 30.9 Å². The molecule has 0 spiro atoms. The molecule has 0 fully saturated rings. The molecule has 2 atom stereocenters. The van der Waals surface area contributed by atoms with Gasteiger partial charge in [0, 0.05) is 11.6 Å². The van der Waals surface area contributed by atoms with E-state index in [1.807, 2.05) is 80.8 Å². The average molecular weight is 552 g/mol. The minimum absolute atomic E-state index is 0.0776. The van der Waals surface area contributed by atoms with Crippen LogP contribution in [0.25, 0.3) is 0 Å². The van der Waals surface area contributed by atoms with Crippen molar-refractivity contribution >= 4 is 23.3 Å². The van der Waals surface area contributed by atoms with Crippen LogP contribution in [0.3, 0.4) is 0 Å². The van der Waals surface area contributed by atoms with Crippen LogP contribution < -0.4 is 26.8 Å². The highest BCUT2D eigenvalue weighted by Crippen LogP contribution is 2.31. The van der Waals surface area contributed by atoms with Crippen LogP contribution >= 0.6 is 0 Å². The molecule has 0 heterocycles. The molecule has 4 aromatic rings. The molecule has 0 aliphatic carbocycles. The maximum Gasteiger partial charge on any atom is 0.312 e. The van der Waals surface area contributed by atoms with Gasteiger partial charge in [0.05, 0.1) is 17.4 Å². The van der Waals surface area contributed by atoms with Crippen LogP contribution in [-0.2, 0) is 6.61 Å². The zero-order valence-electron chi connectivity index (χ0n) is 23.4. The highest BCUT2D eigenvalue weighted by molar-refractivity contribution is 6.05. The van der Waals surface area contributed by atoms with E-state index in [1.54, 1.807) is 24.3 Å². The molecule has 0 aliphatic heterocycles. The average Bonchev–Trinajstić information content (AvgIpc) is 2.97. The summed E-state index contributed by atoms with van der Waals surface area (Å²) in [6.45, 7) is 0.494.